The monoisotopic (exact) mass is 418 g/mol. The lowest BCUT2D eigenvalue weighted by Gasteiger charge is -2.13. The Bertz CT molecular complexity index is 1020. The molecule has 1 fully saturated rings. The highest BCUT2D eigenvalue weighted by molar-refractivity contribution is 5.90. The minimum absolute atomic E-state index is 0.0540. The van der Waals surface area contributed by atoms with E-state index < -0.39 is 17.8 Å². The van der Waals surface area contributed by atoms with Crippen LogP contribution in [0.25, 0.3) is 0 Å². The van der Waals surface area contributed by atoms with Crippen molar-refractivity contribution >= 4 is 11.9 Å². The lowest BCUT2D eigenvalue weighted by molar-refractivity contribution is -0.141. The molecule has 4 rings (SSSR count). The predicted octanol–water partition coefficient (Wildman–Crippen LogP) is 3.69. The molecule has 1 unspecified atom stereocenters. The number of hydrogen-bond donors (Lipinski definition) is 1. The van der Waals surface area contributed by atoms with Gasteiger partial charge in [-0.1, -0.05) is 37.3 Å². The van der Waals surface area contributed by atoms with Gasteiger partial charge in [-0.05, 0) is 24.5 Å². The van der Waals surface area contributed by atoms with Gasteiger partial charge in [0.05, 0.1) is 19.0 Å². The molecule has 0 aliphatic heterocycles. The topological polar surface area (TPSA) is 77.6 Å². The molecule has 1 aromatic carbocycles. The molecule has 0 spiro atoms. The first-order valence-corrected chi connectivity index (χ1v) is 9.69. The van der Waals surface area contributed by atoms with E-state index >= 15 is 0 Å². The average molecular weight is 418 g/mol. The van der Waals surface area contributed by atoms with Crippen LogP contribution in [0.5, 0.6) is 0 Å². The third-order valence-electron chi connectivity index (χ3n) is 4.95. The largest absolute Gasteiger partial charge is 0.435 e. The van der Waals surface area contributed by atoms with Crippen LogP contribution in [-0.4, -0.2) is 30.5 Å². The summed E-state index contributed by atoms with van der Waals surface area (Å²) in [5.74, 6) is -0.747. The Morgan fingerprint density at radius 2 is 1.97 bits per heavy atom. The predicted molar refractivity (Wildman–Crippen MR) is 103 cm³/mol. The van der Waals surface area contributed by atoms with Gasteiger partial charge in [0.1, 0.15) is 6.33 Å². The van der Waals surface area contributed by atoms with Crippen molar-refractivity contribution in [3.8, 4) is 0 Å². The standard InChI is InChI=1S/C20H21F3N6O/c1-13(10-29-16(15-7-8-15)9-17(26-29)20(21,22)23)18(30)25-19-24-12-28(27-19)11-14-5-3-2-4-6-14/h2-6,9,12-13,15H,7-8,10-11H2,1H3,(H,25,27,30). The molecule has 0 bridgehead atoms. The van der Waals surface area contributed by atoms with Crippen molar-refractivity contribution < 1.29 is 18.0 Å². The quantitative estimate of drug-likeness (QED) is 0.635. The third kappa shape index (κ3) is 4.69. The molecule has 1 amide bonds. The van der Waals surface area contributed by atoms with Gasteiger partial charge in [0.2, 0.25) is 11.9 Å². The molecular weight excluding hydrogens is 397 g/mol. The SMILES string of the molecule is CC(Cn1nc(C(F)(F)F)cc1C1CC1)C(=O)Nc1ncn(Cc2ccccc2)n1. The molecule has 0 radical (unpaired) electrons. The molecule has 3 aromatic rings. The van der Waals surface area contributed by atoms with Gasteiger partial charge in [0.15, 0.2) is 5.69 Å². The Morgan fingerprint density at radius 1 is 1.23 bits per heavy atom. The summed E-state index contributed by atoms with van der Waals surface area (Å²) in [4.78, 5) is 16.6. The molecule has 10 heteroatoms. The van der Waals surface area contributed by atoms with Crippen molar-refractivity contribution in [2.75, 3.05) is 5.32 Å². The molecule has 2 aromatic heterocycles. The van der Waals surface area contributed by atoms with Crippen LogP contribution >= 0.6 is 0 Å². The highest BCUT2D eigenvalue weighted by Crippen LogP contribution is 2.42. The molecule has 0 saturated heterocycles. The lowest BCUT2D eigenvalue weighted by Crippen LogP contribution is -2.26. The maximum atomic E-state index is 13.0. The number of benzene rings is 1. The van der Waals surface area contributed by atoms with E-state index in [2.05, 4.69) is 20.5 Å². The second kappa shape index (κ2) is 7.92. The number of amides is 1. The van der Waals surface area contributed by atoms with Crippen LogP contribution in [0.4, 0.5) is 19.1 Å². The summed E-state index contributed by atoms with van der Waals surface area (Å²) in [6.45, 7) is 2.21. The Balaban J connectivity index is 1.39. The molecule has 30 heavy (non-hydrogen) atoms. The first-order chi connectivity index (χ1) is 14.3. The van der Waals surface area contributed by atoms with Gasteiger partial charge in [-0.25, -0.2) is 9.67 Å². The van der Waals surface area contributed by atoms with Crippen LogP contribution in [-0.2, 0) is 24.1 Å². The smallest absolute Gasteiger partial charge is 0.293 e. The van der Waals surface area contributed by atoms with E-state index in [0.29, 0.717) is 12.2 Å². The number of aromatic nitrogens is 5. The van der Waals surface area contributed by atoms with Crippen LogP contribution < -0.4 is 5.32 Å². The van der Waals surface area contributed by atoms with Crippen molar-refractivity contribution in [3.63, 3.8) is 0 Å². The minimum atomic E-state index is -4.50. The number of nitrogens with zero attached hydrogens (tertiary/aromatic N) is 5. The van der Waals surface area contributed by atoms with Crippen molar-refractivity contribution in [1.82, 2.24) is 24.5 Å². The Kier molecular flexibility index (Phi) is 5.31. The van der Waals surface area contributed by atoms with E-state index in [1.807, 2.05) is 30.3 Å². The van der Waals surface area contributed by atoms with Gasteiger partial charge in [-0.3, -0.25) is 14.8 Å². The van der Waals surface area contributed by atoms with Crippen molar-refractivity contribution in [2.45, 2.75) is 44.9 Å². The second-order valence-corrected chi connectivity index (χ2v) is 7.55. The van der Waals surface area contributed by atoms with Crippen molar-refractivity contribution in [3.05, 3.63) is 59.7 Å². The summed E-state index contributed by atoms with van der Waals surface area (Å²) < 4.78 is 42.0. The van der Waals surface area contributed by atoms with E-state index in [0.717, 1.165) is 24.5 Å². The summed E-state index contributed by atoms with van der Waals surface area (Å²) in [5, 5.41) is 10.6. The van der Waals surface area contributed by atoms with Crippen LogP contribution in [0.15, 0.2) is 42.7 Å². The average Bonchev–Trinajstić information content (AvgIpc) is 3.30. The Labute approximate surface area is 170 Å². The molecule has 1 atom stereocenters. The van der Waals surface area contributed by atoms with E-state index in [9.17, 15) is 18.0 Å². The first kappa shape index (κ1) is 20.1. The lowest BCUT2D eigenvalue weighted by atomic mass is 10.1. The van der Waals surface area contributed by atoms with Crippen LogP contribution in [0.1, 0.15) is 42.6 Å². The Hall–Kier alpha value is -3.17. The van der Waals surface area contributed by atoms with E-state index in [1.54, 1.807) is 11.6 Å². The molecule has 7 nitrogen and oxygen atoms in total. The van der Waals surface area contributed by atoms with Gasteiger partial charge < -0.3 is 0 Å². The number of carbonyl (C=O) groups is 1. The molecule has 1 aliphatic rings. The van der Waals surface area contributed by atoms with Crippen molar-refractivity contribution in [2.24, 2.45) is 5.92 Å². The summed E-state index contributed by atoms with van der Waals surface area (Å²) in [6.07, 6.45) is -1.31. The number of hydrogen-bond acceptors (Lipinski definition) is 4. The highest BCUT2D eigenvalue weighted by atomic mass is 19.4. The first-order valence-electron chi connectivity index (χ1n) is 9.69. The summed E-state index contributed by atoms with van der Waals surface area (Å²) in [5.41, 5.74) is 0.658. The number of nitrogens with one attached hydrogen (secondary N) is 1. The zero-order chi connectivity index (χ0) is 21.3. The maximum Gasteiger partial charge on any atom is 0.435 e. The number of rotatable bonds is 7. The second-order valence-electron chi connectivity index (χ2n) is 7.55. The fourth-order valence-corrected chi connectivity index (χ4v) is 3.20. The van der Waals surface area contributed by atoms with Crippen molar-refractivity contribution in [1.29, 1.82) is 0 Å². The minimum Gasteiger partial charge on any atom is -0.293 e. The molecule has 2 heterocycles. The van der Waals surface area contributed by atoms with Gasteiger partial charge >= 0.3 is 6.18 Å². The van der Waals surface area contributed by atoms with E-state index in [-0.39, 0.29) is 24.3 Å². The summed E-state index contributed by atoms with van der Waals surface area (Å²) >= 11 is 0. The highest BCUT2D eigenvalue weighted by Gasteiger charge is 2.38. The summed E-state index contributed by atoms with van der Waals surface area (Å²) in [6, 6.07) is 10.8. The van der Waals surface area contributed by atoms with E-state index in [4.69, 9.17) is 0 Å². The van der Waals surface area contributed by atoms with Crippen LogP contribution in [0, 0.1) is 5.92 Å². The molecule has 1 aliphatic carbocycles. The molecular formula is C20H21F3N6O. The normalized spacial score (nSPS) is 15.2. The molecule has 158 valence electrons. The van der Waals surface area contributed by atoms with Crippen LogP contribution in [0.3, 0.4) is 0 Å². The van der Waals surface area contributed by atoms with Gasteiger partial charge in [0, 0.05) is 11.6 Å². The molecule has 1 saturated carbocycles. The number of alkyl halides is 3. The number of halogens is 3. The maximum absolute atomic E-state index is 13.0. The molecule has 1 N–H and O–H groups in total. The third-order valence-corrected chi connectivity index (χ3v) is 4.95. The fraction of sp³-hybridized carbons (Fsp3) is 0.400. The fourth-order valence-electron chi connectivity index (χ4n) is 3.20. The Morgan fingerprint density at radius 3 is 2.63 bits per heavy atom. The summed E-state index contributed by atoms with van der Waals surface area (Å²) in [7, 11) is 0. The van der Waals surface area contributed by atoms with Gasteiger partial charge in [-0.2, -0.15) is 18.3 Å². The van der Waals surface area contributed by atoms with E-state index in [1.165, 1.54) is 11.0 Å². The van der Waals surface area contributed by atoms with Gasteiger partial charge in [-0.15, -0.1) is 5.10 Å². The van der Waals surface area contributed by atoms with Crippen LogP contribution in [0.2, 0.25) is 0 Å². The number of anilines is 1. The van der Waals surface area contributed by atoms with Gasteiger partial charge in [0.25, 0.3) is 0 Å². The zero-order valence-electron chi connectivity index (χ0n) is 16.3. The zero-order valence-corrected chi connectivity index (χ0v) is 16.3. The number of carbonyl (C=O) groups excluding carboxylic acids is 1.